The van der Waals surface area contributed by atoms with Crippen molar-refractivity contribution in [2.45, 2.75) is 32.1 Å². The van der Waals surface area contributed by atoms with Crippen LogP contribution in [0, 0.1) is 0 Å². The van der Waals surface area contributed by atoms with Gasteiger partial charge in [0.05, 0.1) is 29.0 Å². The van der Waals surface area contributed by atoms with E-state index in [1.54, 1.807) is 11.6 Å². The van der Waals surface area contributed by atoms with Crippen molar-refractivity contribution in [3.8, 4) is 11.4 Å². The van der Waals surface area contributed by atoms with Crippen LogP contribution in [0.15, 0.2) is 52.6 Å². The Labute approximate surface area is 171 Å². The molecule has 2 aromatic heterocycles. The highest BCUT2D eigenvalue weighted by Crippen LogP contribution is 2.49. The highest BCUT2D eigenvalue weighted by atomic mass is 16.6. The molecule has 1 aromatic carbocycles. The van der Waals surface area contributed by atoms with Crippen molar-refractivity contribution >= 4 is 16.9 Å². The molecule has 30 heavy (non-hydrogen) atoms. The van der Waals surface area contributed by atoms with Gasteiger partial charge in [0.2, 0.25) is 0 Å². The van der Waals surface area contributed by atoms with E-state index < -0.39 is 11.6 Å². The second-order valence-electron chi connectivity index (χ2n) is 7.81. The van der Waals surface area contributed by atoms with E-state index in [1.807, 2.05) is 37.3 Å². The van der Waals surface area contributed by atoms with Crippen LogP contribution in [-0.4, -0.2) is 22.6 Å². The normalized spacial score (nSPS) is 20.9. The lowest BCUT2D eigenvalue weighted by Crippen LogP contribution is -2.39. The first-order chi connectivity index (χ1) is 14.6. The average molecular weight is 401 g/mol. The molecule has 0 spiro atoms. The molecule has 3 aliphatic rings. The number of rotatable bonds is 2. The Hall–Kier alpha value is -3.61. The summed E-state index contributed by atoms with van der Waals surface area (Å²) in [7, 11) is 1.66. The van der Waals surface area contributed by atoms with E-state index in [2.05, 4.69) is 11.4 Å². The summed E-state index contributed by atoms with van der Waals surface area (Å²) in [5, 5.41) is 3.94. The van der Waals surface area contributed by atoms with Gasteiger partial charge in [-0.2, -0.15) is 0 Å². The summed E-state index contributed by atoms with van der Waals surface area (Å²) < 4.78 is 13.5. The molecule has 0 aliphatic carbocycles. The molecule has 7 nitrogen and oxygen atoms in total. The molecule has 0 fully saturated rings. The fourth-order valence-corrected chi connectivity index (χ4v) is 4.91. The van der Waals surface area contributed by atoms with E-state index in [0.29, 0.717) is 35.5 Å². The molecule has 3 aromatic rings. The van der Waals surface area contributed by atoms with Crippen LogP contribution in [0.2, 0.25) is 0 Å². The monoisotopic (exact) mass is 401 g/mol. The molecule has 0 amide bonds. The van der Waals surface area contributed by atoms with Crippen LogP contribution in [0.4, 0.5) is 0 Å². The minimum absolute atomic E-state index is 0.110. The summed E-state index contributed by atoms with van der Waals surface area (Å²) >= 11 is 0. The maximum atomic E-state index is 13.4. The van der Waals surface area contributed by atoms with Crippen molar-refractivity contribution in [2.75, 3.05) is 7.05 Å². The van der Waals surface area contributed by atoms with Crippen LogP contribution in [0.1, 0.15) is 30.0 Å². The number of esters is 1. The van der Waals surface area contributed by atoms with E-state index in [0.717, 1.165) is 27.9 Å². The number of carbonyl (C=O) groups is 1. The molecule has 5 heterocycles. The van der Waals surface area contributed by atoms with Gasteiger partial charge in [-0.3, -0.25) is 4.79 Å². The smallest absolute Gasteiger partial charge is 0.359 e. The summed E-state index contributed by atoms with van der Waals surface area (Å²) in [4.78, 5) is 30.8. The molecule has 3 aliphatic heterocycles. The number of hydrogen-bond donors (Lipinski definition) is 1. The van der Waals surface area contributed by atoms with E-state index in [1.165, 1.54) is 0 Å². The van der Waals surface area contributed by atoms with Crippen LogP contribution in [0.5, 0.6) is 0 Å². The Bertz CT molecular complexity index is 1370. The first-order valence-electron chi connectivity index (χ1n) is 10.0. The number of para-hydroxylation sites is 1. The molecule has 1 atom stereocenters. The van der Waals surface area contributed by atoms with Crippen molar-refractivity contribution in [1.29, 1.82) is 0 Å². The third kappa shape index (κ3) is 1.97. The minimum Gasteiger partial charge on any atom is -0.486 e. The molecule has 0 unspecified atom stereocenters. The van der Waals surface area contributed by atoms with Crippen LogP contribution in [0.25, 0.3) is 22.3 Å². The maximum absolute atomic E-state index is 13.4. The Morgan fingerprint density at radius 1 is 1.23 bits per heavy atom. The Morgan fingerprint density at radius 2 is 2.07 bits per heavy atom. The minimum atomic E-state index is -1.09. The van der Waals surface area contributed by atoms with Crippen LogP contribution < -0.4 is 10.9 Å². The van der Waals surface area contributed by atoms with Gasteiger partial charge in [0.25, 0.3) is 5.56 Å². The fourth-order valence-electron chi connectivity index (χ4n) is 4.91. The van der Waals surface area contributed by atoms with Crippen molar-refractivity contribution in [2.24, 2.45) is 0 Å². The van der Waals surface area contributed by atoms with Crippen molar-refractivity contribution in [3.63, 3.8) is 0 Å². The number of hydrogen-bond acceptors (Lipinski definition) is 6. The summed E-state index contributed by atoms with van der Waals surface area (Å²) in [5.74, 6) is -0.00800. The average Bonchev–Trinajstić information content (AvgIpc) is 3.26. The zero-order valence-electron chi connectivity index (χ0n) is 16.6. The highest BCUT2D eigenvalue weighted by Gasteiger charge is 2.54. The molecule has 1 N–H and O–H groups in total. The molecule has 0 radical (unpaired) electrons. The van der Waals surface area contributed by atoms with Gasteiger partial charge < -0.3 is 19.4 Å². The van der Waals surface area contributed by atoms with Gasteiger partial charge in [-0.1, -0.05) is 25.1 Å². The molecule has 0 bridgehead atoms. The lowest BCUT2D eigenvalue weighted by Gasteiger charge is -2.35. The molecule has 7 heteroatoms. The van der Waals surface area contributed by atoms with Crippen LogP contribution in [-0.2, 0) is 33.0 Å². The topological polar surface area (TPSA) is 82.5 Å². The Morgan fingerprint density at radius 3 is 2.87 bits per heavy atom. The van der Waals surface area contributed by atoms with Gasteiger partial charge in [-0.05, 0) is 24.6 Å². The SMILES string of the molecule is CC[C@@]12OC(=O)C(NC)=C1OCc1c2cc2n(c1=O)Cc1cc3ccccc3nc1-2. The molecular formula is C23H19N3O4. The number of pyridine rings is 2. The number of carbonyl (C=O) groups excluding carboxylic acids is 1. The summed E-state index contributed by atoms with van der Waals surface area (Å²) in [6.45, 7) is 2.51. The number of nitrogens with zero attached hydrogens (tertiary/aromatic N) is 2. The third-order valence-electron chi connectivity index (χ3n) is 6.38. The standard InChI is InChI=1S/C23H19N3O4/c1-3-23-15-9-17-18-13(8-12-6-4-5-7-16(12)25-18)10-26(17)21(27)14(15)11-29-20(23)19(24-2)22(28)30-23/h4-9,24H,3,10-11H2,1-2H3/t23-/m0/s1. The third-order valence-corrected chi connectivity index (χ3v) is 6.38. The number of likely N-dealkylation sites (N-methyl/N-ethyl adjacent to an activating group) is 1. The zero-order valence-corrected chi connectivity index (χ0v) is 16.6. The van der Waals surface area contributed by atoms with Gasteiger partial charge in [0.1, 0.15) is 6.61 Å². The molecule has 0 saturated heterocycles. The van der Waals surface area contributed by atoms with Gasteiger partial charge in [0, 0.05) is 23.6 Å². The predicted octanol–water partition coefficient (Wildman–Crippen LogP) is 2.55. The number of nitrogens with one attached hydrogen (secondary N) is 1. The van der Waals surface area contributed by atoms with Crippen molar-refractivity contribution in [3.05, 3.63) is 74.9 Å². The maximum Gasteiger partial charge on any atom is 0.359 e. The number of fused-ring (bicyclic) bond motifs is 7. The van der Waals surface area contributed by atoms with E-state index in [4.69, 9.17) is 14.5 Å². The predicted molar refractivity (Wildman–Crippen MR) is 109 cm³/mol. The van der Waals surface area contributed by atoms with Gasteiger partial charge in [0.15, 0.2) is 17.1 Å². The lowest BCUT2D eigenvalue weighted by atomic mass is 9.84. The van der Waals surface area contributed by atoms with Crippen molar-refractivity contribution in [1.82, 2.24) is 14.9 Å². The molecular weight excluding hydrogens is 382 g/mol. The second kappa shape index (κ2) is 5.72. The molecule has 6 rings (SSSR count). The summed E-state index contributed by atoms with van der Waals surface area (Å²) in [6.07, 6.45) is 0.465. The van der Waals surface area contributed by atoms with Gasteiger partial charge >= 0.3 is 5.97 Å². The summed E-state index contributed by atoms with van der Waals surface area (Å²) in [6, 6.07) is 12.0. The van der Waals surface area contributed by atoms with E-state index in [-0.39, 0.29) is 12.2 Å². The highest BCUT2D eigenvalue weighted by molar-refractivity contribution is 5.92. The second-order valence-corrected chi connectivity index (χ2v) is 7.81. The first-order valence-corrected chi connectivity index (χ1v) is 10.0. The largest absolute Gasteiger partial charge is 0.486 e. The fraction of sp³-hybridized carbons (Fsp3) is 0.261. The van der Waals surface area contributed by atoms with Gasteiger partial charge in [-0.15, -0.1) is 0 Å². The first kappa shape index (κ1) is 17.3. The number of aromatic nitrogens is 2. The summed E-state index contributed by atoms with van der Waals surface area (Å²) in [5.41, 5.74) is 3.78. The van der Waals surface area contributed by atoms with E-state index in [9.17, 15) is 9.59 Å². The Balaban J connectivity index is 1.63. The number of benzene rings is 1. The van der Waals surface area contributed by atoms with Crippen LogP contribution >= 0.6 is 0 Å². The van der Waals surface area contributed by atoms with Crippen molar-refractivity contribution < 1.29 is 14.3 Å². The quantitative estimate of drug-likeness (QED) is 0.520. The molecule has 150 valence electrons. The van der Waals surface area contributed by atoms with Crippen LogP contribution in [0.3, 0.4) is 0 Å². The molecule has 0 saturated carbocycles. The van der Waals surface area contributed by atoms with Gasteiger partial charge in [-0.25, -0.2) is 9.78 Å². The Kier molecular flexibility index (Phi) is 3.29. The lowest BCUT2D eigenvalue weighted by molar-refractivity contribution is -0.151. The zero-order chi connectivity index (χ0) is 20.6. The number of ether oxygens (including phenoxy) is 2. The van der Waals surface area contributed by atoms with E-state index >= 15 is 0 Å².